The van der Waals surface area contributed by atoms with Crippen molar-refractivity contribution < 1.29 is 32.9 Å². The Kier molecular flexibility index (Phi) is 10.8. The average Bonchev–Trinajstić information content (AvgIpc) is 2.96. The van der Waals surface area contributed by atoms with Crippen molar-refractivity contribution >= 4 is 36.2 Å². The van der Waals surface area contributed by atoms with Gasteiger partial charge in [0.25, 0.3) is 0 Å². The van der Waals surface area contributed by atoms with Gasteiger partial charge in [0.05, 0.1) is 0 Å². The van der Waals surface area contributed by atoms with Crippen molar-refractivity contribution in [2.75, 3.05) is 0 Å². The molecule has 39 heavy (non-hydrogen) atoms. The lowest BCUT2D eigenvalue weighted by molar-refractivity contribution is -0.133. The van der Waals surface area contributed by atoms with Gasteiger partial charge in [-0.05, 0) is 35.4 Å². The van der Waals surface area contributed by atoms with Crippen LogP contribution in [-0.4, -0.2) is 11.9 Å². The van der Waals surface area contributed by atoms with Crippen molar-refractivity contribution in [1.29, 1.82) is 0 Å². The highest BCUT2D eigenvalue weighted by molar-refractivity contribution is 5.82. The number of esters is 2. The maximum atomic E-state index is 14.8. The summed E-state index contributed by atoms with van der Waals surface area (Å²) in [6, 6.07) is 19.3. The summed E-state index contributed by atoms with van der Waals surface area (Å²) in [6.07, 6.45) is 13.8. The van der Waals surface area contributed by atoms with E-state index in [9.17, 15) is 14.0 Å². The minimum atomic E-state index is -0.594. The third-order valence-corrected chi connectivity index (χ3v) is 4.92. The van der Waals surface area contributed by atoms with E-state index in [1.807, 2.05) is 18.2 Å². The summed E-state index contributed by atoms with van der Waals surface area (Å²) < 4.78 is 35.2. The van der Waals surface area contributed by atoms with Crippen LogP contribution in [0.3, 0.4) is 0 Å². The number of hydrogen-bond acceptors (Lipinski definition) is 6. The molecule has 0 radical (unpaired) electrons. The van der Waals surface area contributed by atoms with Crippen LogP contribution in [-0.2, 0) is 19.1 Å². The fraction of sp³-hybridized carbons (Fsp3) is 0. The van der Waals surface area contributed by atoms with Crippen LogP contribution in [0, 0.1) is 5.82 Å². The van der Waals surface area contributed by atoms with E-state index >= 15 is 0 Å². The van der Waals surface area contributed by atoms with Gasteiger partial charge in [-0.25, -0.2) is 14.0 Å². The van der Waals surface area contributed by atoms with Crippen molar-refractivity contribution in [2.24, 2.45) is 0 Å². The molecule has 3 rings (SSSR count). The van der Waals surface area contributed by atoms with Gasteiger partial charge < -0.3 is 18.9 Å². The third kappa shape index (κ3) is 9.51. The van der Waals surface area contributed by atoms with Gasteiger partial charge in [-0.15, -0.1) is 0 Å². The molecule has 0 bridgehead atoms. The predicted molar refractivity (Wildman–Crippen MR) is 149 cm³/mol. The van der Waals surface area contributed by atoms with Gasteiger partial charge in [0.2, 0.25) is 0 Å². The summed E-state index contributed by atoms with van der Waals surface area (Å²) in [5.74, 6) is -0.527. The normalized spacial score (nSPS) is 11.2. The molecule has 0 N–H and O–H groups in total. The summed E-state index contributed by atoms with van der Waals surface area (Å²) in [5.41, 5.74) is 2.61. The highest BCUT2D eigenvalue weighted by atomic mass is 19.1. The minimum Gasteiger partial charge on any atom is -0.462 e. The predicted octanol–water partition coefficient (Wildman–Crippen LogP) is 7.32. The lowest BCUT2D eigenvalue weighted by Crippen LogP contribution is -1.93. The lowest BCUT2D eigenvalue weighted by atomic mass is 10.1. The van der Waals surface area contributed by atoms with Gasteiger partial charge in [-0.1, -0.05) is 79.9 Å². The van der Waals surface area contributed by atoms with Gasteiger partial charge in [0.1, 0.15) is 42.4 Å². The molecule has 0 aliphatic heterocycles. The molecule has 7 heteroatoms. The molecule has 6 nitrogen and oxygen atoms in total. The number of ether oxygens (including phenoxy) is 4. The van der Waals surface area contributed by atoms with Crippen molar-refractivity contribution in [3.8, 4) is 11.5 Å². The molecule has 0 aliphatic rings. The average molecular weight is 525 g/mol. The van der Waals surface area contributed by atoms with Crippen LogP contribution in [0.4, 0.5) is 4.39 Å². The molecule has 196 valence electrons. The smallest absolute Gasteiger partial charge is 0.335 e. The topological polar surface area (TPSA) is 71.1 Å². The van der Waals surface area contributed by atoms with E-state index in [1.54, 1.807) is 66.8 Å². The van der Waals surface area contributed by atoms with E-state index in [-0.39, 0.29) is 5.82 Å². The maximum absolute atomic E-state index is 14.8. The highest BCUT2D eigenvalue weighted by Crippen LogP contribution is 2.22. The Labute approximate surface area is 225 Å². The Hall–Kier alpha value is -5.43. The molecule has 0 atom stereocenters. The highest BCUT2D eigenvalue weighted by Gasteiger charge is 2.02. The number of hydrogen-bond donors (Lipinski definition) is 0. The Balaban J connectivity index is 1.64. The molecule has 0 spiro atoms. The quantitative estimate of drug-likeness (QED) is 0.107. The molecule has 0 amide bonds. The van der Waals surface area contributed by atoms with E-state index < -0.39 is 11.9 Å². The minimum absolute atomic E-state index is 0.385. The van der Waals surface area contributed by atoms with E-state index in [4.69, 9.17) is 18.9 Å². The number of carbonyl (C=O) groups is 2. The van der Waals surface area contributed by atoms with E-state index in [0.717, 1.165) is 35.8 Å². The summed E-state index contributed by atoms with van der Waals surface area (Å²) >= 11 is 0. The Morgan fingerprint density at radius 3 is 1.97 bits per heavy atom. The van der Waals surface area contributed by atoms with Crippen LogP contribution >= 0.6 is 0 Å². The summed E-state index contributed by atoms with van der Waals surface area (Å²) in [6.45, 7) is 6.61. The van der Waals surface area contributed by atoms with Crippen molar-refractivity contribution in [2.45, 2.75) is 0 Å². The Morgan fingerprint density at radius 2 is 1.28 bits per heavy atom. The van der Waals surface area contributed by atoms with Crippen LogP contribution in [0.15, 0.2) is 117 Å². The molecule has 0 heterocycles. The van der Waals surface area contributed by atoms with Gasteiger partial charge in [0.15, 0.2) is 0 Å². The first-order valence-electron chi connectivity index (χ1n) is 11.6. The summed E-state index contributed by atoms with van der Waals surface area (Å²) in [7, 11) is 0. The molecule has 0 saturated carbocycles. The first-order valence-corrected chi connectivity index (χ1v) is 11.6. The number of halogens is 1. The van der Waals surface area contributed by atoms with Crippen LogP contribution in [0.1, 0.15) is 22.3 Å². The second-order valence-corrected chi connectivity index (χ2v) is 7.62. The van der Waals surface area contributed by atoms with Crippen LogP contribution in [0.5, 0.6) is 11.5 Å². The maximum Gasteiger partial charge on any atom is 0.335 e. The molecule has 0 unspecified atom stereocenters. The zero-order valence-corrected chi connectivity index (χ0v) is 20.9. The summed E-state index contributed by atoms with van der Waals surface area (Å²) in [5, 5.41) is 0. The number of carbonyl (C=O) groups excluding carboxylic acids is 2. The SMILES string of the molecule is C=CC(=O)O/C=C\Oc1cccc(/C=C/c2ccc(/C=C/c3ccccc3O/C=C\OC(=O)C=C)cc2F)c1. The molecular weight excluding hydrogens is 499 g/mol. The fourth-order valence-corrected chi connectivity index (χ4v) is 3.06. The molecular formula is C32H25FO6. The third-order valence-electron chi connectivity index (χ3n) is 4.92. The zero-order valence-electron chi connectivity index (χ0n) is 20.9. The largest absolute Gasteiger partial charge is 0.462 e. The van der Waals surface area contributed by atoms with Gasteiger partial charge >= 0.3 is 11.9 Å². The van der Waals surface area contributed by atoms with Crippen LogP contribution in [0.25, 0.3) is 24.3 Å². The Morgan fingerprint density at radius 1 is 0.641 bits per heavy atom. The first kappa shape index (κ1) is 28.1. The fourth-order valence-electron chi connectivity index (χ4n) is 3.06. The van der Waals surface area contributed by atoms with Gasteiger partial charge in [-0.3, -0.25) is 0 Å². The van der Waals surface area contributed by atoms with E-state index in [0.29, 0.717) is 22.6 Å². The molecule has 0 fully saturated rings. The standard InChI is InChI=1S/C32H25FO6/c1-3-31(34)38-20-18-36-28-10-7-8-24(22-28)12-15-26-16-13-25(23-29(26)33)14-17-27-9-5-6-11-30(27)37-19-21-39-32(35)4-2/h3-23H,1-2H2/b15-12+,17-14+,20-18-,21-19-. The molecule has 3 aromatic rings. The van der Waals surface area contributed by atoms with Crippen molar-refractivity contribution in [3.63, 3.8) is 0 Å². The van der Waals surface area contributed by atoms with Crippen LogP contribution < -0.4 is 9.47 Å². The van der Waals surface area contributed by atoms with E-state index in [1.165, 1.54) is 18.6 Å². The number of benzene rings is 3. The first-order chi connectivity index (χ1) is 19.0. The number of para-hydroxylation sites is 1. The van der Waals surface area contributed by atoms with Crippen molar-refractivity contribution in [3.05, 3.63) is 145 Å². The second-order valence-electron chi connectivity index (χ2n) is 7.62. The molecule has 0 saturated heterocycles. The second kappa shape index (κ2) is 15.0. The van der Waals surface area contributed by atoms with Gasteiger partial charge in [-0.2, -0.15) is 0 Å². The monoisotopic (exact) mass is 524 g/mol. The molecule has 0 aliphatic carbocycles. The van der Waals surface area contributed by atoms with E-state index in [2.05, 4.69) is 13.2 Å². The van der Waals surface area contributed by atoms with Gasteiger partial charge in [0, 0.05) is 23.3 Å². The number of rotatable bonds is 12. The van der Waals surface area contributed by atoms with Crippen LogP contribution in [0.2, 0.25) is 0 Å². The zero-order chi connectivity index (χ0) is 27.9. The van der Waals surface area contributed by atoms with Crippen molar-refractivity contribution in [1.82, 2.24) is 0 Å². The lowest BCUT2D eigenvalue weighted by Gasteiger charge is -2.05. The molecule has 0 aromatic heterocycles. The summed E-state index contributed by atoms with van der Waals surface area (Å²) in [4.78, 5) is 22.1. The molecule has 3 aromatic carbocycles. The Bertz CT molecular complexity index is 1450.